The van der Waals surface area contributed by atoms with E-state index >= 15 is 0 Å². The molecule has 4 heteroatoms. The van der Waals surface area contributed by atoms with Gasteiger partial charge in [-0.2, -0.15) is 0 Å². The fourth-order valence-corrected chi connectivity index (χ4v) is 3.94. The molecule has 0 unspecified atom stereocenters. The fourth-order valence-electron chi connectivity index (χ4n) is 3.94. The van der Waals surface area contributed by atoms with E-state index in [0.717, 1.165) is 29.7 Å². The number of hydrogen-bond acceptors (Lipinski definition) is 3. The van der Waals surface area contributed by atoms with Gasteiger partial charge in [-0.15, -0.1) is 0 Å². The molecule has 0 bridgehead atoms. The maximum absolute atomic E-state index is 13.4. The van der Waals surface area contributed by atoms with Gasteiger partial charge < -0.3 is 4.74 Å². The van der Waals surface area contributed by atoms with Gasteiger partial charge in [-0.1, -0.05) is 65.8 Å². The summed E-state index contributed by atoms with van der Waals surface area (Å²) in [7, 11) is 0. The smallest absolute Gasteiger partial charge is 0.261 e. The summed E-state index contributed by atoms with van der Waals surface area (Å²) in [6.45, 7) is 7.35. The summed E-state index contributed by atoms with van der Waals surface area (Å²) in [4.78, 5) is 18.3. The van der Waals surface area contributed by atoms with Gasteiger partial charge >= 0.3 is 0 Å². The van der Waals surface area contributed by atoms with Gasteiger partial charge in [0.2, 0.25) is 0 Å². The zero-order chi connectivity index (χ0) is 24.6. The van der Waals surface area contributed by atoms with E-state index in [4.69, 9.17) is 9.72 Å². The van der Waals surface area contributed by atoms with Crippen molar-refractivity contribution in [3.05, 3.63) is 118 Å². The summed E-state index contributed by atoms with van der Waals surface area (Å²) in [6, 6.07) is 25.4. The zero-order valence-electron chi connectivity index (χ0n) is 20.7. The third-order valence-corrected chi connectivity index (χ3v) is 5.94. The molecular weight excluding hydrogens is 432 g/mol. The summed E-state index contributed by atoms with van der Waals surface area (Å²) in [5, 5.41) is 0.634. The molecule has 4 rings (SSSR count). The molecule has 0 aliphatic heterocycles. The van der Waals surface area contributed by atoms with E-state index < -0.39 is 0 Å². The normalized spacial score (nSPS) is 11.5. The van der Waals surface area contributed by atoms with Crippen LogP contribution in [-0.2, 0) is 13.2 Å². The lowest BCUT2D eigenvalue weighted by molar-refractivity contribution is 0.306. The Hall–Kier alpha value is -3.92. The second-order valence-corrected chi connectivity index (χ2v) is 9.04. The Morgan fingerprint density at radius 3 is 2.34 bits per heavy atom. The summed E-state index contributed by atoms with van der Waals surface area (Å²) in [5.74, 6) is 1.44. The van der Waals surface area contributed by atoms with Crippen molar-refractivity contribution >= 4 is 10.9 Å². The average molecular weight is 465 g/mol. The maximum Gasteiger partial charge on any atom is 0.261 e. The van der Waals surface area contributed by atoms with E-state index in [1.54, 1.807) is 4.57 Å². The molecule has 0 aliphatic carbocycles. The molecule has 4 nitrogen and oxygen atoms in total. The van der Waals surface area contributed by atoms with Crippen molar-refractivity contribution in [1.29, 1.82) is 0 Å². The molecule has 0 saturated carbocycles. The number of nitrogens with zero attached hydrogens (tertiary/aromatic N) is 2. The zero-order valence-corrected chi connectivity index (χ0v) is 20.7. The summed E-state index contributed by atoms with van der Waals surface area (Å²) >= 11 is 0. The molecule has 4 aromatic rings. The standard InChI is InChI=1S/C31H32N2O2/c1-23(2)10-9-11-24(3)20-21-33-30(32-29-15-8-7-14-28(29)31(33)34)26-16-18-27(19-17-26)35-22-25-12-5-4-6-13-25/h4-8,10,12-20H,9,11,21-22H2,1-3H3/b24-20-. The lowest BCUT2D eigenvalue weighted by Crippen LogP contribution is -2.23. The number of ether oxygens (including phenoxy) is 1. The van der Waals surface area contributed by atoms with Crippen molar-refractivity contribution in [3.8, 4) is 17.1 Å². The number of aromatic nitrogens is 2. The van der Waals surface area contributed by atoms with Crippen molar-refractivity contribution in [1.82, 2.24) is 9.55 Å². The number of allylic oxidation sites excluding steroid dienone is 4. The molecular formula is C31H32N2O2. The van der Waals surface area contributed by atoms with E-state index in [1.807, 2.05) is 78.9 Å². The van der Waals surface area contributed by atoms with Crippen LogP contribution in [0.5, 0.6) is 5.75 Å². The number of hydrogen-bond donors (Lipinski definition) is 0. The second-order valence-electron chi connectivity index (χ2n) is 9.04. The number of benzene rings is 3. The van der Waals surface area contributed by atoms with Crippen LogP contribution in [0.1, 0.15) is 39.2 Å². The SMILES string of the molecule is CC(C)=CCC/C(C)=C\Cn1c(-c2ccc(OCc3ccccc3)cc2)nc2ccccc2c1=O. The van der Waals surface area contributed by atoms with E-state index in [0.29, 0.717) is 29.9 Å². The Morgan fingerprint density at radius 2 is 1.60 bits per heavy atom. The van der Waals surface area contributed by atoms with Gasteiger partial charge in [0.05, 0.1) is 10.9 Å². The molecule has 0 amide bonds. The van der Waals surface area contributed by atoms with Gasteiger partial charge in [0.1, 0.15) is 18.2 Å². The van der Waals surface area contributed by atoms with Crippen molar-refractivity contribution in [2.45, 2.75) is 46.8 Å². The first-order valence-corrected chi connectivity index (χ1v) is 12.1. The van der Waals surface area contributed by atoms with Crippen LogP contribution in [-0.4, -0.2) is 9.55 Å². The molecule has 35 heavy (non-hydrogen) atoms. The number of rotatable bonds is 9. The monoisotopic (exact) mass is 464 g/mol. The molecule has 0 atom stereocenters. The average Bonchev–Trinajstić information content (AvgIpc) is 2.87. The molecule has 0 aliphatic rings. The Kier molecular flexibility index (Phi) is 7.94. The third-order valence-electron chi connectivity index (χ3n) is 5.94. The Morgan fingerprint density at radius 1 is 0.886 bits per heavy atom. The molecule has 178 valence electrons. The summed E-state index contributed by atoms with van der Waals surface area (Å²) < 4.78 is 7.71. The van der Waals surface area contributed by atoms with E-state index in [2.05, 4.69) is 32.9 Å². The van der Waals surface area contributed by atoms with Crippen LogP contribution in [0.2, 0.25) is 0 Å². The number of para-hydroxylation sites is 1. The lowest BCUT2D eigenvalue weighted by Gasteiger charge is -2.13. The minimum absolute atomic E-state index is 0.0247. The van der Waals surface area contributed by atoms with E-state index in [9.17, 15) is 4.79 Å². The summed E-state index contributed by atoms with van der Waals surface area (Å²) in [6.07, 6.45) is 6.36. The van der Waals surface area contributed by atoms with Crippen LogP contribution < -0.4 is 10.3 Å². The van der Waals surface area contributed by atoms with Crippen LogP contribution in [0.3, 0.4) is 0 Å². The molecule has 1 aromatic heterocycles. The van der Waals surface area contributed by atoms with Crippen molar-refractivity contribution < 1.29 is 4.74 Å². The predicted octanol–water partition coefficient (Wildman–Crippen LogP) is 7.34. The van der Waals surface area contributed by atoms with Crippen LogP contribution >= 0.6 is 0 Å². The van der Waals surface area contributed by atoms with Crippen LogP contribution in [0, 0.1) is 0 Å². The highest BCUT2D eigenvalue weighted by Crippen LogP contribution is 2.23. The molecule has 3 aromatic carbocycles. The molecule has 0 radical (unpaired) electrons. The van der Waals surface area contributed by atoms with Gasteiger partial charge in [0.25, 0.3) is 5.56 Å². The topological polar surface area (TPSA) is 44.1 Å². The minimum Gasteiger partial charge on any atom is -0.489 e. The highest BCUT2D eigenvalue weighted by Gasteiger charge is 2.12. The van der Waals surface area contributed by atoms with Gasteiger partial charge in [0, 0.05) is 12.1 Å². The van der Waals surface area contributed by atoms with Gasteiger partial charge in [0.15, 0.2) is 0 Å². The lowest BCUT2D eigenvalue weighted by atomic mass is 10.1. The largest absolute Gasteiger partial charge is 0.489 e. The first kappa shape index (κ1) is 24.2. The van der Waals surface area contributed by atoms with Gasteiger partial charge in [-0.05, 0) is 75.6 Å². The van der Waals surface area contributed by atoms with Crippen molar-refractivity contribution in [2.75, 3.05) is 0 Å². The highest BCUT2D eigenvalue weighted by molar-refractivity contribution is 5.79. The minimum atomic E-state index is -0.0247. The number of fused-ring (bicyclic) bond motifs is 1. The Bertz CT molecular complexity index is 1390. The Balaban J connectivity index is 1.62. The van der Waals surface area contributed by atoms with E-state index in [1.165, 1.54) is 11.1 Å². The first-order valence-electron chi connectivity index (χ1n) is 12.1. The fraction of sp³-hybridized carbons (Fsp3) is 0.226. The highest BCUT2D eigenvalue weighted by atomic mass is 16.5. The predicted molar refractivity (Wildman–Crippen MR) is 145 cm³/mol. The van der Waals surface area contributed by atoms with Crippen LogP contribution in [0.25, 0.3) is 22.3 Å². The molecule has 0 saturated heterocycles. The van der Waals surface area contributed by atoms with Gasteiger partial charge in [-0.25, -0.2) is 4.98 Å². The van der Waals surface area contributed by atoms with E-state index in [-0.39, 0.29) is 5.56 Å². The van der Waals surface area contributed by atoms with Gasteiger partial charge in [-0.3, -0.25) is 9.36 Å². The second kappa shape index (κ2) is 11.5. The Labute approximate surface area is 207 Å². The molecule has 0 N–H and O–H groups in total. The molecule has 0 spiro atoms. The quantitative estimate of drug-likeness (QED) is 0.244. The molecule has 1 heterocycles. The van der Waals surface area contributed by atoms with Crippen LogP contribution in [0.4, 0.5) is 0 Å². The maximum atomic E-state index is 13.4. The van der Waals surface area contributed by atoms with Crippen molar-refractivity contribution in [2.24, 2.45) is 0 Å². The summed E-state index contributed by atoms with van der Waals surface area (Å²) in [5.41, 5.74) is 5.27. The molecule has 0 fully saturated rings. The van der Waals surface area contributed by atoms with Crippen LogP contribution in [0.15, 0.2) is 107 Å². The third kappa shape index (κ3) is 6.36. The first-order chi connectivity index (χ1) is 17.0. The van der Waals surface area contributed by atoms with Crippen molar-refractivity contribution in [3.63, 3.8) is 0 Å².